The second-order valence-corrected chi connectivity index (χ2v) is 3.04. The first-order chi connectivity index (χ1) is 7.24. The van der Waals surface area contributed by atoms with Crippen LogP contribution in [-0.2, 0) is 0 Å². The number of ether oxygens (including phenoxy) is 2. The van der Waals surface area contributed by atoms with Crippen molar-refractivity contribution in [2.75, 3.05) is 14.2 Å². The van der Waals surface area contributed by atoms with E-state index in [1.54, 1.807) is 31.4 Å². The molecule has 0 saturated heterocycles. The Hall–Kier alpha value is -1.84. The summed E-state index contributed by atoms with van der Waals surface area (Å²) in [6.07, 6.45) is 0. The summed E-state index contributed by atoms with van der Waals surface area (Å²) in [7, 11) is 3.02. The number of rotatable bonds is 2. The molecular weight excluding hydrogens is 197 g/mol. The molecule has 0 aliphatic rings. The summed E-state index contributed by atoms with van der Waals surface area (Å²) in [4.78, 5) is 3.65. The van der Waals surface area contributed by atoms with Crippen LogP contribution in [0.1, 0.15) is 0 Å². The molecule has 0 N–H and O–H groups in total. The van der Waals surface area contributed by atoms with Gasteiger partial charge < -0.3 is 9.47 Å². The third-order valence-corrected chi connectivity index (χ3v) is 2.18. The van der Waals surface area contributed by atoms with Crippen molar-refractivity contribution in [1.29, 1.82) is 0 Å². The second-order valence-electron chi connectivity index (χ2n) is 3.04. The summed E-state index contributed by atoms with van der Waals surface area (Å²) in [6, 6.07) is 6.74. The van der Waals surface area contributed by atoms with Crippen molar-refractivity contribution in [3.8, 4) is 11.6 Å². The topological polar surface area (TPSA) is 31.4 Å². The van der Waals surface area contributed by atoms with Crippen LogP contribution in [0.3, 0.4) is 0 Å². The van der Waals surface area contributed by atoms with Crippen molar-refractivity contribution in [1.82, 2.24) is 4.98 Å². The first kappa shape index (κ1) is 9.71. The molecule has 0 radical (unpaired) electrons. The Balaban J connectivity index is 2.69. The molecule has 0 unspecified atom stereocenters. The lowest BCUT2D eigenvalue weighted by Gasteiger charge is -2.05. The lowest BCUT2D eigenvalue weighted by atomic mass is 10.1. The minimum absolute atomic E-state index is 0.258. The van der Waals surface area contributed by atoms with Gasteiger partial charge in [0.05, 0.1) is 14.2 Å². The van der Waals surface area contributed by atoms with Crippen LogP contribution in [0.5, 0.6) is 11.6 Å². The fraction of sp³-hybridized carbons (Fsp3) is 0.182. The fourth-order valence-electron chi connectivity index (χ4n) is 1.40. The Morgan fingerprint density at radius 2 is 1.93 bits per heavy atom. The molecule has 3 nitrogen and oxygen atoms in total. The molecule has 0 bridgehead atoms. The summed E-state index contributed by atoms with van der Waals surface area (Å²) < 4.78 is 23.4. The van der Waals surface area contributed by atoms with E-state index in [-0.39, 0.29) is 5.88 Å². The van der Waals surface area contributed by atoms with E-state index in [0.29, 0.717) is 16.5 Å². The van der Waals surface area contributed by atoms with Crippen LogP contribution in [0.4, 0.5) is 4.39 Å². The fourth-order valence-corrected chi connectivity index (χ4v) is 1.40. The second kappa shape index (κ2) is 3.73. The summed E-state index contributed by atoms with van der Waals surface area (Å²) in [5.74, 6) is 0.399. The number of fused-ring (bicyclic) bond motifs is 1. The third kappa shape index (κ3) is 1.70. The maximum Gasteiger partial charge on any atom is 0.224 e. The SMILES string of the molecule is COc1ccc2c(F)nc(OC)cc2c1. The zero-order valence-corrected chi connectivity index (χ0v) is 8.45. The normalized spacial score (nSPS) is 10.3. The van der Waals surface area contributed by atoms with Gasteiger partial charge in [-0.2, -0.15) is 9.37 Å². The summed E-state index contributed by atoms with van der Waals surface area (Å²) in [5, 5.41) is 1.16. The highest BCUT2D eigenvalue weighted by atomic mass is 19.1. The van der Waals surface area contributed by atoms with Crippen LogP contribution in [0.25, 0.3) is 10.8 Å². The van der Waals surface area contributed by atoms with Crippen LogP contribution < -0.4 is 9.47 Å². The molecule has 0 amide bonds. The van der Waals surface area contributed by atoms with Gasteiger partial charge in [-0.1, -0.05) is 0 Å². The summed E-state index contributed by atoms with van der Waals surface area (Å²) >= 11 is 0. The number of halogens is 1. The summed E-state index contributed by atoms with van der Waals surface area (Å²) in [5.41, 5.74) is 0. The van der Waals surface area contributed by atoms with Gasteiger partial charge in [0.25, 0.3) is 0 Å². The molecule has 0 fully saturated rings. The molecule has 0 atom stereocenters. The molecule has 1 aromatic carbocycles. The maximum atomic E-state index is 13.4. The number of methoxy groups -OCH3 is 2. The minimum Gasteiger partial charge on any atom is -0.497 e. The van der Waals surface area contributed by atoms with Gasteiger partial charge in [-0.25, -0.2) is 0 Å². The molecule has 2 aromatic rings. The highest BCUT2D eigenvalue weighted by Gasteiger charge is 2.06. The lowest BCUT2D eigenvalue weighted by molar-refractivity contribution is 0.389. The number of benzene rings is 1. The average molecular weight is 207 g/mol. The zero-order valence-electron chi connectivity index (χ0n) is 8.45. The third-order valence-electron chi connectivity index (χ3n) is 2.18. The van der Waals surface area contributed by atoms with Gasteiger partial charge in [0.2, 0.25) is 11.8 Å². The highest BCUT2D eigenvalue weighted by Crippen LogP contribution is 2.25. The predicted octanol–water partition coefficient (Wildman–Crippen LogP) is 2.39. The smallest absolute Gasteiger partial charge is 0.224 e. The van der Waals surface area contributed by atoms with Gasteiger partial charge in [0.15, 0.2) is 0 Å². The number of nitrogens with zero attached hydrogens (tertiary/aromatic N) is 1. The molecule has 0 aliphatic heterocycles. The number of hydrogen-bond acceptors (Lipinski definition) is 3. The molecule has 1 heterocycles. The molecule has 0 spiro atoms. The molecule has 2 rings (SSSR count). The van der Waals surface area contributed by atoms with Crippen LogP contribution in [0, 0.1) is 5.95 Å². The van der Waals surface area contributed by atoms with E-state index >= 15 is 0 Å². The van der Waals surface area contributed by atoms with Gasteiger partial charge in [0, 0.05) is 11.5 Å². The monoisotopic (exact) mass is 207 g/mol. The number of aromatic nitrogens is 1. The van der Waals surface area contributed by atoms with Crippen molar-refractivity contribution in [2.24, 2.45) is 0 Å². The van der Waals surface area contributed by atoms with E-state index in [0.717, 1.165) is 0 Å². The predicted molar refractivity (Wildman–Crippen MR) is 54.8 cm³/mol. The van der Waals surface area contributed by atoms with E-state index in [2.05, 4.69) is 4.98 Å². The Morgan fingerprint density at radius 3 is 2.60 bits per heavy atom. The van der Waals surface area contributed by atoms with Crippen molar-refractivity contribution >= 4 is 10.8 Å². The molecule has 4 heteroatoms. The van der Waals surface area contributed by atoms with Gasteiger partial charge in [-0.05, 0) is 23.6 Å². The standard InChI is InChI=1S/C11H10FNO2/c1-14-8-3-4-9-7(5-8)6-10(15-2)13-11(9)12/h3-6H,1-2H3. The van der Waals surface area contributed by atoms with Crippen molar-refractivity contribution < 1.29 is 13.9 Å². The molecule has 1 aromatic heterocycles. The molecule has 78 valence electrons. The minimum atomic E-state index is -0.535. The van der Waals surface area contributed by atoms with Gasteiger partial charge in [-0.15, -0.1) is 0 Å². The Bertz CT molecular complexity index is 494. The van der Waals surface area contributed by atoms with Crippen molar-refractivity contribution in [2.45, 2.75) is 0 Å². The first-order valence-corrected chi connectivity index (χ1v) is 4.43. The highest BCUT2D eigenvalue weighted by molar-refractivity contribution is 5.84. The van der Waals surface area contributed by atoms with Crippen LogP contribution in [-0.4, -0.2) is 19.2 Å². The van der Waals surface area contributed by atoms with Crippen LogP contribution in [0.15, 0.2) is 24.3 Å². The first-order valence-electron chi connectivity index (χ1n) is 4.43. The van der Waals surface area contributed by atoms with Crippen LogP contribution in [0.2, 0.25) is 0 Å². The molecule has 0 aliphatic carbocycles. The zero-order chi connectivity index (χ0) is 10.8. The van der Waals surface area contributed by atoms with E-state index in [1.165, 1.54) is 7.11 Å². The Kier molecular flexibility index (Phi) is 2.41. The quantitative estimate of drug-likeness (QED) is 0.708. The Labute approximate surface area is 86.5 Å². The number of hydrogen-bond donors (Lipinski definition) is 0. The largest absolute Gasteiger partial charge is 0.497 e. The Morgan fingerprint density at radius 1 is 1.13 bits per heavy atom. The average Bonchev–Trinajstić information content (AvgIpc) is 2.28. The van der Waals surface area contributed by atoms with E-state index in [4.69, 9.17) is 9.47 Å². The molecule has 0 saturated carbocycles. The molecular formula is C11H10FNO2. The van der Waals surface area contributed by atoms with E-state index in [9.17, 15) is 4.39 Å². The maximum absolute atomic E-state index is 13.4. The number of pyridine rings is 1. The van der Waals surface area contributed by atoms with Crippen LogP contribution >= 0.6 is 0 Å². The van der Waals surface area contributed by atoms with E-state index < -0.39 is 5.95 Å². The van der Waals surface area contributed by atoms with Gasteiger partial charge in [0.1, 0.15) is 5.75 Å². The van der Waals surface area contributed by atoms with Crippen molar-refractivity contribution in [3.05, 3.63) is 30.2 Å². The summed E-state index contributed by atoms with van der Waals surface area (Å²) in [6.45, 7) is 0. The van der Waals surface area contributed by atoms with Gasteiger partial charge >= 0.3 is 0 Å². The lowest BCUT2D eigenvalue weighted by Crippen LogP contribution is -1.92. The molecule has 15 heavy (non-hydrogen) atoms. The van der Waals surface area contributed by atoms with E-state index in [1.807, 2.05) is 0 Å². The van der Waals surface area contributed by atoms with Gasteiger partial charge in [-0.3, -0.25) is 0 Å². The van der Waals surface area contributed by atoms with Crippen molar-refractivity contribution in [3.63, 3.8) is 0 Å².